The molecule has 3 nitrogen and oxygen atoms in total. The number of hydrogen-bond donors (Lipinski definition) is 0. The number of nitrogens with zero attached hydrogens (tertiary/aromatic N) is 1. The van der Waals surface area contributed by atoms with Crippen molar-refractivity contribution in [2.24, 2.45) is 5.92 Å². The van der Waals surface area contributed by atoms with Crippen LogP contribution in [0.25, 0.3) is 0 Å². The highest BCUT2D eigenvalue weighted by molar-refractivity contribution is 5.96. The van der Waals surface area contributed by atoms with Gasteiger partial charge in [-0.25, -0.2) is 14.1 Å². The SMILES string of the molecule is Cc1cc(C)cc(N(C(=O)OCC2CCCCC2)c2cccc(F)c2)c1. The Labute approximate surface area is 154 Å². The number of anilines is 2. The molecule has 0 atom stereocenters. The first-order valence-corrected chi connectivity index (χ1v) is 9.33. The summed E-state index contributed by atoms with van der Waals surface area (Å²) in [5.74, 6) is 0.0539. The van der Waals surface area contributed by atoms with Crippen LogP contribution in [0.1, 0.15) is 43.2 Å². The van der Waals surface area contributed by atoms with Gasteiger partial charge in [0.2, 0.25) is 0 Å². The van der Waals surface area contributed by atoms with Crippen LogP contribution >= 0.6 is 0 Å². The molecule has 26 heavy (non-hydrogen) atoms. The van der Waals surface area contributed by atoms with Gasteiger partial charge in [-0.1, -0.05) is 31.4 Å². The third-order valence-electron chi connectivity index (χ3n) is 4.88. The number of hydrogen-bond acceptors (Lipinski definition) is 2. The van der Waals surface area contributed by atoms with Crippen molar-refractivity contribution in [2.45, 2.75) is 46.0 Å². The molecule has 0 heterocycles. The fraction of sp³-hybridized carbons (Fsp3) is 0.409. The molecule has 1 saturated carbocycles. The molecule has 2 aromatic carbocycles. The van der Waals surface area contributed by atoms with Gasteiger partial charge < -0.3 is 4.74 Å². The summed E-state index contributed by atoms with van der Waals surface area (Å²) in [5, 5.41) is 0. The maximum atomic E-state index is 13.8. The fourth-order valence-electron chi connectivity index (χ4n) is 3.66. The van der Waals surface area contributed by atoms with Gasteiger partial charge >= 0.3 is 6.09 Å². The molecular weight excluding hydrogens is 329 g/mol. The normalized spacial score (nSPS) is 14.9. The van der Waals surface area contributed by atoms with Crippen LogP contribution in [0, 0.1) is 25.6 Å². The van der Waals surface area contributed by atoms with E-state index in [1.807, 2.05) is 32.0 Å². The molecule has 1 aliphatic carbocycles. The second-order valence-corrected chi connectivity index (χ2v) is 7.24. The van der Waals surface area contributed by atoms with Gasteiger partial charge in [-0.2, -0.15) is 0 Å². The first kappa shape index (κ1) is 18.4. The molecule has 1 aliphatic rings. The van der Waals surface area contributed by atoms with E-state index in [1.165, 1.54) is 36.3 Å². The Bertz CT molecular complexity index is 748. The van der Waals surface area contributed by atoms with Crippen molar-refractivity contribution in [1.82, 2.24) is 0 Å². The topological polar surface area (TPSA) is 29.5 Å². The van der Waals surface area contributed by atoms with Crippen LogP contribution in [0.4, 0.5) is 20.6 Å². The van der Waals surface area contributed by atoms with Crippen molar-refractivity contribution in [3.63, 3.8) is 0 Å². The summed E-state index contributed by atoms with van der Waals surface area (Å²) in [5.41, 5.74) is 3.26. The number of aryl methyl sites for hydroxylation is 2. The van der Waals surface area contributed by atoms with E-state index in [1.54, 1.807) is 12.1 Å². The minimum absolute atomic E-state index is 0.378. The van der Waals surface area contributed by atoms with Crippen LogP contribution in [-0.2, 0) is 4.74 Å². The van der Waals surface area contributed by atoms with Crippen LogP contribution < -0.4 is 4.90 Å². The first-order chi connectivity index (χ1) is 12.5. The average Bonchev–Trinajstić information content (AvgIpc) is 2.60. The molecule has 0 aromatic heterocycles. The van der Waals surface area contributed by atoms with Crippen LogP contribution in [0.5, 0.6) is 0 Å². The largest absolute Gasteiger partial charge is 0.449 e. The Hall–Kier alpha value is -2.36. The quantitative estimate of drug-likeness (QED) is 0.644. The highest BCUT2D eigenvalue weighted by atomic mass is 19.1. The van der Waals surface area contributed by atoms with Gasteiger partial charge in [0.05, 0.1) is 18.0 Å². The van der Waals surface area contributed by atoms with E-state index in [0.29, 0.717) is 23.9 Å². The minimum Gasteiger partial charge on any atom is -0.449 e. The van der Waals surface area contributed by atoms with E-state index in [0.717, 1.165) is 24.0 Å². The molecule has 138 valence electrons. The zero-order valence-electron chi connectivity index (χ0n) is 15.5. The molecule has 0 bridgehead atoms. The van der Waals surface area contributed by atoms with Crippen molar-refractivity contribution in [1.29, 1.82) is 0 Å². The maximum Gasteiger partial charge on any atom is 0.418 e. The van der Waals surface area contributed by atoms with Crippen LogP contribution in [0.2, 0.25) is 0 Å². The fourth-order valence-corrected chi connectivity index (χ4v) is 3.66. The summed E-state index contributed by atoms with van der Waals surface area (Å²) < 4.78 is 19.4. The van der Waals surface area contributed by atoms with Crippen LogP contribution in [0.3, 0.4) is 0 Å². The highest BCUT2D eigenvalue weighted by Crippen LogP contribution is 2.30. The summed E-state index contributed by atoms with van der Waals surface area (Å²) in [6.07, 6.45) is 5.43. The van der Waals surface area contributed by atoms with Crippen molar-refractivity contribution in [3.05, 3.63) is 59.4 Å². The number of carbonyl (C=O) groups excluding carboxylic acids is 1. The van der Waals surface area contributed by atoms with Gasteiger partial charge in [-0.3, -0.25) is 0 Å². The lowest BCUT2D eigenvalue weighted by molar-refractivity contribution is 0.124. The molecule has 0 spiro atoms. The second kappa shape index (κ2) is 8.35. The highest BCUT2D eigenvalue weighted by Gasteiger charge is 2.23. The number of amides is 1. The lowest BCUT2D eigenvalue weighted by Crippen LogP contribution is -2.29. The maximum absolute atomic E-state index is 13.8. The predicted octanol–water partition coefficient (Wildman–Crippen LogP) is 6.30. The third kappa shape index (κ3) is 4.63. The molecular formula is C22H26FNO2. The Morgan fingerprint density at radius 3 is 2.38 bits per heavy atom. The summed E-state index contributed by atoms with van der Waals surface area (Å²) in [6, 6.07) is 11.9. The molecule has 2 aromatic rings. The molecule has 4 heteroatoms. The van der Waals surface area contributed by atoms with E-state index in [4.69, 9.17) is 4.74 Å². The molecule has 0 unspecified atom stereocenters. The van der Waals surface area contributed by atoms with E-state index in [9.17, 15) is 9.18 Å². The van der Waals surface area contributed by atoms with Crippen LogP contribution in [-0.4, -0.2) is 12.7 Å². The summed E-state index contributed by atoms with van der Waals surface area (Å²) in [4.78, 5) is 14.4. The zero-order valence-corrected chi connectivity index (χ0v) is 15.5. The molecule has 0 aliphatic heterocycles. The summed E-state index contributed by atoms with van der Waals surface area (Å²) in [6.45, 7) is 4.39. The smallest absolute Gasteiger partial charge is 0.418 e. The standard InChI is InChI=1S/C22H26FNO2/c1-16-11-17(2)13-21(12-16)24(20-10-6-9-19(23)14-20)22(25)26-15-18-7-4-3-5-8-18/h6,9-14,18H,3-5,7-8,15H2,1-2H3. The minimum atomic E-state index is -0.453. The van der Waals surface area contributed by atoms with Gasteiger partial charge in [0.15, 0.2) is 0 Å². The number of carbonyl (C=O) groups is 1. The number of halogens is 1. The summed E-state index contributed by atoms with van der Waals surface area (Å²) in [7, 11) is 0. The van der Waals surface area contributed by atoms with Gasteiger partial charge in [0.1, 0.15) is 5.82 Å². The molecule has 0 radical (unpaired) electrons. The van der Waals surface area contributed by atoms with E-state index in [2.05, 4.69) is 0 Å². The van der Waals surface area contributed by atoms with E-state index < -0.39 is 6.09 Å². The molecule has 0 N–H and O–H groups in total. The number of rotatable bonds is 4. The molecule has 1 amide bonds. The second-order valence-electron chi connectivity index (χ2n) is 7.24. The lowest BCUT2D eigenvalue weighted by Gasteiger charge is -2.26. The van der Waals surface area contributed by atoms with Gasteiger partial charge in [-0.15, -0.1) is 0 Å². The van der Waals surface area contributed by atoms with E-state index in [-0.39, 0.29) is 5.82 Å². The first-order valence-electron chi connectivity index (χ1n) is 9.33. The Kier molecular flexibility index (Phi) is 5.92. The zero-order chi connectivity index (χ0) is 18.5. The van der Waals surface area contributed by atoms with Crippen molar-refractivity contribution >= 4 is 17.5 Å². The lowest BCUT2D eigenvalue weighted by atomic mass is 9.90. The third-order valence-corrected chi connectivity index (χ3v) is 4.88. The summed E-state index contributed by atoms with van der Waals surface area (Å²) >= 11 is 0. The molecule has 1 fully saturated rings. The average molecular weight is 355 g/mol. The number of benzene rings is 2. The number of ether oxygens (including phenoxy) is 1. The van der Waals surface area contributed by atoms with Crippen LogP contribution in [0.15, 0.2) is 42.5 Å². The van der Waals surface area contributed by atoms with E-state index >= 15 is 0 Å². The predicted molar refractivity (Wildman–Crippen MR) is 102 cm³/mol. The Morgan fingerprint density at radius 2 is 1.73 bits per heavy atom. The Balaban J connectivity index is 1.85. The molecule has 3 rings (SSSR count). The van der Waals surface area contributed by atoms with Gasteiger partial charge in [0, 0.05) is 0 Å². The van der Waals surface area contributed by atoms with Crippen molar-refractivity contribution < 1.29 is 13.9 Å². The van der Waals surface area contributed by atoms with Gasteiger partial charge in [0.25, 0.3) is 0 Å². The molecule has 0 saturated heterocycles. The monoisotopic (exact) mass is 355 g/mol. The van der Waals surface area contributed by atoms with Gasteiger partial charge in [-0.05, 0) is 74.1 Å². The van der Waals surface area contributed by atoms with Crippen molar-refractivity contribution in [2.75, 3.05) is 11.5 Å². The van der Waals surface area contributed by atoms with Crippen molar-refractivity contribution in [3.8, 4) is 0 Å². The Morgan fingerprint density at radius 1 is 1.04 bits per heavy atom.